The van der Waals surface area contributed by atoms with Gasteiger partial charge in [-0.05, 0) is 38.4 Å². The second-order valence-corrected chi connectivity index (χ2v) is 6.39. The van der Waals surface area contributed by atoms with E-state index in [0.29, 0.717) is 0 Å². The third-order valence-corrected chi connectivity index (χ3v) is 4.45. The lowest BCUT2D eigenvalue weighted by Crippen LogP contribution is -2.43. The highest BCUT2D eigenvalue weighted by atomic mass is 32.1. The smallest absolute Gasteiger partial charge is 0.241 e. The largest absolute Gasteiger partial charge is 0.325 e. The molecule has 2 N–H and O–H groups in total. The maximum absolute atomic E-state index is 12.2. The summed E-state index contributed by atoms with van der Waals surface area (Å²) in [6.45, 7) is 2.92. The zero-order valence-electron chi connectivity index (χ0n) is 12.1. The molecule has 3 rings (SSSR count). The van der Waals surface area contributed by atoms with Gasteiger partial charge in [-0.3, -0.25) is 4.79 Å². The second kappa shape index (κ2) is 6.37. The molecule has 21 heavy (non-hydrogen) atoms. The molecule has 0 spiro atoms. The minimum absolute atomic E-state index is 0.0568. The van der Waals surface area contributed by atoms with Gasteiger partial charge in [0.2, 0.25) is 5.91 Å². The standard InChI is InChI=1S/C16H19N3OS/c1-11-18-15(10-21-11)12-5-4-6-13(9-12)19-16(20)14-7-2-3-8-17-14/h4-6,9-10,14,17H,2-3,7-8H2,1H3,(H,19,20). The molecule has 0 saturated carbocycles. The van der Waals surface area contributed by atoms with Gasteiger partial charge in [-0.2, -0.15) is 0 Å². The predicted molar refractivity (Wildman–Crippen MR) is 86.6 cm³/mol. The number of carbonyl (C=O) groups excluding carboxylic acids is 1. The van der Waals surface area contributed by atoms with Gasteiger partial charge in [0.1, 0.15) is 0 Å². The first-order chi connectivity index (χ1) is 10.2. The van der Waals surface area contributed by atoms with Crippen LogP contribution in [-0.2, 0) is 4.79 Å². The Hall–Kier alpha value is -1.72. The van der Waals surface area contributed by atoms with Crippen molar-refractivity contribution in [1.29, 1.82) is 0 Å². The molecule has 1 amide bonds. The van der Waals surface area contributed by atoms with E-state index in [4.69, 9.17) is 0 Å². The first kappa shape index (κ1) is 14.2. The minimum atomic E-state index is -0.0658. The molecule has 1 unspecified atom stereocenters. The summed E-state index contributed by atoms with van der Waals surface area (Å²) in [5, 5.41) is 9.36. The molecule has 1 saturated heterocycles. The maximum atomic E-state index is 12.2. The number of rotatable bonds is 3. The number of thiazole rings is 1. The zero-order valence-corrected chi connectivity index (χ0v) is 12.9. The van der Waals surface area contributed by atoms with E-state index >= 15 is 0 Å². The topological polar surface area (TPSA) is 54.0 Å². The van der Waals surface area contributed by atoms with Gasteiger partial charge in [-0.15, -0.1) is 11.3 Å². The number of anilines is 1. The van der Waals surface area contributed by atoms with Crippen molar-refractivity contribution < 1.29 is 4.79 Å². The number of hydrogen-bond acceptors (Lipinski definition) is 4. The van der Waals surface area contributed by atoms with Crippen LogP contribution in [-0.4, -0.2) is 23.5 Å². The van der Waals surface area contributed by atoms with Crippen LogP contribution in [0.25, 0.3) is 11.3 Å². The molecular weight excluding hydrogens is 282 g/mol. The lowest BCUT2D eigenvalue weighted by atomic mass is 10.0. The number of nitrogens with zero attached hydrogens (tertiary/aromatic N) is 1. The molecule has 1 atom stereocenters. The molecule has 1 aromatic heterocycles. The lowest BCUT2D eigenvalue weighted by molar-refractivity contribution is -0.118. The van der Waals surface area contributed by atoms with Crippen LogP contribution in [0.3, 0.4) is 0 Å². The van der Waals surface area contributed by atoms with Crippen LogP contribution in [0.2, 0.25) is 0 Å². The van der Waals surface area contributed by atoms with Crippen molar-refractivity contribution in [3.8, 4) is 11.3 Å². The van der Waals surface area contributed by atoms with Gasteiger partial charge in [0.15, 0.2) is 0 Å². The third kappa shape index (κ3) is 3.49. The lowest BCUT2D eigenvalue weighted by Gasteiger charge is -2.22. The van der Waals surface area contributed by atoms with Crippen molar-refractivity contribution in [2.24, 2.45) is 0 Å². The number of benzene rings is 1. The summed E-state index contributed by atoms with van der Waals surface area (Å²) >= 11 is 1.63. The van der Waals surface area contributed by atoms with Gasteiger partial charge in [-0.25, -0.2) is 4.98 Å². The summed E-state index contributed by atoms with van der Waals surface area (Å²) < 4.78 is 0. The van der Waals surface area contributed by atoms with Crippen LogP contribution < -0.4 is 10.6 Å². The van der Waals surface area contributed by atoms with Crippen molar-refractivity contribution in [2.45, 2.75) is 32.2 Å². The number of aryl methyl sites for hydroxylation is 1. The van der Waals surface area contributed by atoms with E-state index in [1.165, 1.54) is 0 Å². The summed E-state index contributed by atoms with van der Waals surface area (Å²) in [7, 11) is 0. The zero-order chi connectivity index (χ0) is 14.7. The van der Waals surface area contributed by atoms with E-state index in [1.54, 1.807) is 11.3 Å². The van der Waals surface area contributed by atoms with E-state index in [0.717, 1.165) is 47.8 Å². The van der Waals surface area contributed by atoms with Crippen LogP contribution >= 0.6 is 11.3 Å². The van der Waals surface area contributed by atoms with Gasteiger partial charge in [-0.1, -0.05) is 18.6 Å². The highest BCUT2D eigenvalue weighted by molar-refractivity contribution is 7.09. The molecule has 1 aliphatic heterocycles. The normalized spacial score (nSPS) is 18.4. The summed E-state index contributed by atoms with van der Waals surface area (Å²) in [5.74, 6) is 0.0568. The van der Waals surface area contributed by atoms with Crippen molar-refractivity contribution >= 4 is 22.9 Å². The molecule has 2 aromatic rings. The van der Waals surface area contributed by atoms with Crippen molar-refractivity contribution in [3.63, 3.8) is 0 Å². The van der Waals surface area contributed by atoms with Crippen molar-refractivity contribution in [3.05, 3.63) is 34.7 Å². The van der Waals surface area contributed by atoms with Crippen LogP contribution in [0.15, 0.2) is 29.6 Å². The van der Waals surface area contributed by atoms with Crippen LogP contribution in [0.5, 0.6) is 0 Å². The Balaban J connectivity index is 1.72. The monoisotopic (exact) mass is 301 g/mol. The van der Waals surface area contributed by atoms with Gasteiger partial charge in [0.05, 0.1) is 16.7 Å². The van der Waals surface area contributed by atoms with E-state index in [2.05, 4.69) is 15.6 Å². The molecule has 4 nitrogen and oxygen atoms in total. The van der Waals surface area contributed by atoms with E-state index < -0.39 is 0 Å². The summed E-state index contributed by atoms with van der Waals surface area (Å²) in [6.07, 6.45) is 3.18. The Bertz CT molecular complexity index is 632. The van der Waals surface area contributed by atoms with Gasteiger partial charge < -0.3 is 10.6 Å². The molecule has 1 aromatic carbocycles. The molecule has 2 heterocycles. The minimum Gasteiger partial charge on any atom is -0.325 e. The van der Waals surface area contributed by atoms with E-state index in [9.17, 15) is 4.79 Å². The Morgan fingerprint density at radius 3 is 3.05 bits per heavy atom. The van der Waals surface area contributed by atoms with Crippen LogP contribution in [0, 0.1) is 6.92 Å². The maximum Gasteiger partial charge on any atom is 0.241 e. The molecule has 1 aliphatic rings. The summed E-state index contributed by atoms with van der Waals surface area (Å²) in [6, 6.07) is 7.80. The molecule has 5 heteroatoms. The summed E-state index contributed by atoms with van der Waals surface area (Å²) in [4.78, 5) is 16.7. The Kier molecular flexibility index (Phi) is 4.31. The first-order valence-corrected chi connectivity index (χ1v) is 8.17. The van der Waals surface area contributed by atoms with E-state index in [1.807, 2.05) is 36.6 Å². The number of nitrogens with one attached hydrogen (secondary N) is 2. The van der Waals surface area contributed by atoms with E-state index in [-0.39, 0.29) is 11.9 Å². The highest BCUT2D eigenvalue weighted by Gasteiger charge is 2.20. The van der Waals surface area contributed by atoms with Crippen molar-refractivity contribution in [1.82, 2.24) is 10.3 Å². The highest BCUT2D eigenvalue weighted by Crippen LogP contribution is 2.24. The first-order valence-electron chi connectivity index (χ1n) is 7.29. The van der Waals surface area contributed by atoms with Crippen molar-refractivity contribution in [2.75, 3.05) is 11.9 Å². The number of amides is 1. The molecule has 0 aliphatic carbocycles. The summed E-state index contributed by atoms with van der Waals surface area (Å²) in [5.41, 5.74) is 2.83. The average molecular weight is 301 g/mol. The van der Waals surface area contributed by atoms with Gasteiger partial charge in [0, 0.05) is 16.6 Å². The molecule has 110 valence electrons. The number of piperidine rings is 1. The molecule has 0 radical (unpaired) electrons. The quantitative estimate of drug-likeness (QED) is 0.915. The van der Waals surface area contributed by atoms with Crippen LogP contribution in [0.1, 0.15) is 24.3 Å². The fraction of sp³-hybridized carbons (Fsp3) is 0.375. The van der Waals surface area contributed by atoms with Gasteiger partial charge in [0.25, 0.3) is 0 Å². The second-order valence-electron chi connectivity index (χ2n) is 5.32. The Labute approximate surface area is 128 Å². The van der Waals surface area contributed by atoms with Gasteiger partial charge >= 0.3 is 0 Å². The molecular formula is C16H19N3OS. The van der Waals surface area contributed by atoms with Crippen LogP contribution in [0.4, 0.5) is 5.69 Å². The fourth-order valence-corrected chi connectivity index (χ4v) is 3.18. The Morgan fingerprint density at radius 2 is 2.33 bits per heavy atom. The number of carbonyl (C=O) groups is 1. The number of hydrogen-bond donors (Lipinski definition) is 2. The molecule has 1 fully saturated rings. The number of aromatic nitrogens is 1. The fourth-order valence-electron chi connectivity index (χ4n) is 2.56. The third-order valence-electron chi connectivity index (χ3n) is 3.67. The Morgan fingerprint density at radius 1 is 1.43 bits per heavy atom. The predicted octanol–water partition coefficient (Wildman–Crippen LogP) is 3.20. The molecule has 0 bridgehead atoms. The average Bonchev–Trinajstić information content (AvgIpc) is 2.95. The SMILES string of the molecule is Cc1nc(-c2cccc(NC(=O)C3CCCCN3)c2)cs1.